The molecule has 0 fully saturated rings. The molecule has 7 heteroatoms. The van der Waals surface area contributed by atoms with Gasteiger partial charge in [-0.15, -0.1) is 0 Å². The minimum atomic E-state index is -0.234. The maximum atomic E-state index is 12.7. The summed E-state index contributed by atoms with van der Waals surface area (Å²) in [7, 11) is 0. The van der Waals surface area contributed by atoms with Crippen molar-refractivity contribution in [2.75, 3.05) is 0 Å². The van der Waals surface area contributed by atoms with Crippen LogP contribution in [0.15, 0.2) is 73.2 Å². The Bertz CT molecular complexity index is 1300. The highest BCUT2D eigenvalue weighted by molar-refractivity contribution is 6.04. The summed E-state index contributed by atoms with van der Waals surface area (Å²) < 4.78 is 1.93. The number of benzene rings is 2. The predicted octanol–water partition coefficient (Wildman–Crippen LogP) is 3.23. The van der Waals surface area contributed by atoms with Gasteiger partial charge in [-0.2, -0.15) is 5.10 Å². The topological polar surface area (TPSA) is 88.5 Å². The van der Waals surface area contributed by atoms with Gasteiger partial charge in [-0.1, -0.05) is 36.4 Å². The van der Waals surface area contributed by atoms with E-state index in [0.29, 0.717) is 12.2 Å². The zero-order valence-corrected chi connectivity index (χ0v) is 14.8. The molecule has 0 radical (unpaired) electrons. The summed E-state index contributed by atoms with van der Waals surface area (Å²) in [6, 6.07) is 19.2. The van der Waals surface area contributed by atoms with Crippen LogP contribution < -0.4 is 5.32 Å². The molecule has 0 aliphatic heterocycles. The monoisotopic (exact) mass is 368 g/mol. The third-order valence-electron chi connectivity index (χ3n) is 4.67. The van der Waals surface area contributed by atoms with Gasteiger partial charge in [-0.25, -0.2) is 9.97 Å². The lowest BCUT2D eigenvalue weighted by Crippen LogP contribution is -2.24. The van der Waals surface area contributed by atoms with Gasteiger partial charge >= 0.3 is 0 Å². The van der Waals surface area contributed by atoms with Gasteiger partial charge in [0.2, 0.25) is 0 Å². The van der Waals surface area contributed by atoms with Crippen molar-refractivity contribution < 1.29 is 4.79 Å². The highest BCUT2D eigenvalue weighted by Crippen LogP contribution is 2.20. The van der Waals surface area contributed by atoms with Gasteiger partial charge in [-0.05, 0) is 24.3 Å². The van der Waals surface area contributed by atoms with E-state index in [9.17, 15) is 4.79 Å². The third kappa shape index (κ3) is 2.69. The largest absolute Gasteiger partial charge is 0.346 e. The molecule has 0 bridgehead atoms. The molecule has 0 saturated heterocycles. The smallest absolute Gasteiger partial charge is 0.272 e. The van der Waals surface area contributed by atoms with Gasteiger partial charge in [0.25, 0.3) is 5.91 Å². The van der Waals surface area contributed by atoms with E-state index in [1.54, 1.807) is 12.5 Å². The maximum absolute atomic E-state index is 12.7. The number of nitrogens with zero attached hydrogens (tertiary/aromatic N) is 4. The molecule has 1 amide bonds. The molecule has 0 spiro atoms. The molecule has 0 aliphatic carbocycles. The van der Waals surface area contributed by atoms with Crippen molar-refractivity contribution in [2.24, 2.45) is 0 Å². The molecule has 0 unspecified atom stereocenters. The first-order chi connectivity index (χ1) is 13.8. The van der Waals surface area contributed by atoms with Gasteiger partial charge in [-0.3, -0.25) is 14.5 Å². The van der Waals surface area contributed by atoms with E-state index in [0.717, 1.165) is 33.3 Å². The highest BCUT2D eigenvalue weighted by atomic mass is 16.1. The number of aromatic amines is 1. The minimum Gasteiger partial charge on any atom is -0.346 e. The van der Waals surface area contributed by atoms with Crippen LogP contribution in [-0.2, 0) is 6.54 Å². The Morgan fingerprint density at radius 2 is 1.86 bits per heavy atom. The number of rotatable bonds is 4. The second kappa shape index (κ2) is 6.62. The number of hydrogen-bond donors (Lipinski definition) is 2. The number of carbonyl (C=O) groups excluding carboxylic acids is 1. The van der Waals surface area contributed by atoms with Gasteiger partial charge in [0, 0.05) is 23.7 Å². The zero-order chi connectivity index (χ0) is 18.9. The fourth-order valence-corrected chi connectivity index (χ4v) is 3.31. The lowest BCUT2D eigenvalue weighted by Gasteiger charge is -2.10. The highest BCUT2D eigenvalue weighted by Gasteiger charge is 2.15. The SMILES string of the molecule is O=C(NCc1cccnc1-n1cnc2ccccc21)c1n[nH]c2ccccc12. The van der Waals surface area contributed by atoms with Crippen LogP contribution in [0.2, 0.25) is 0 Å². The zero-order valence-electron chi connectivity index (χ0n) is 14.8. The molecule has 0 atom stereocenters. The molecule has 3 heterocycles. The standard InChI is InChI=1S/C21H16N6O/c28-21(19-15-7-1-2-8-16(15)25-26-19)23-12-14-6-5-11-22-20(14)27-13-24-17-9-3-4-10-18(17)27/h1-11,13H,12H2,(H,23,28)(H,25,26). The van der Waals surface area contributed by atoms with Gasteiger partial charge < -0.3 is 5.32 Å². The summed E-state index contributed by atoms with van der Waals surface area (Å²) in [5.74, 6) is 0.506. The van der Waals surface area contributed by atoms with Crippen molar-refractivity contribution in [3.8, 4) is 5.82 Å². The summed E-state index contributed by atoms with van der Waals surface area (Å²) in [5.41, 5.74) is 3.96. The van der Waals surface area contributed by atoms with E-state index in [4.69, 9.17) is 0 Å². The molecule has 2 aromatic carbocycles. The molecule has 28 heavy (non-hydrogen) atoms. The first-order valence-electron chi connectivity index (χ1n) is 8.89. The van der Waals surface area contributed by atoms with Crippen LogP contribution in [0.4, 0.5) is 0 Å². The molecule has 5 aromatic rings. The number of H-pyrrole nitrogens is 1. The number of imidazole rings is 1. The molecule has 7 nitrogen and oxygen atoms in total. The normalized spacial score (nSPS) is 11.1. The van der Waals surface area contributed by atoms with Crippen LogP contribution in [0.1, 0.15) is 16.1 Å². The Morgan fingerprint density at radius 1 is 1.00 bits per heavy atom. The van der Waals surface area contributed by atoms with E-state index >= 15 is 0 Å². The fraction of sp³-hybridized carbons (Fsp3) is 0.0476. The van der Waals surface area contributed by atoms with Crippen LogP contribution in [0.3, 0.4) is 0 Å². The lowest BCUT2D eigenvalue weighted by molar-refractivity contribution is 0.0947. The van der Waals surface area contributed by atoms with Gasteiger partial charge in [0.1, 0.15) is 12.1 Å². The number of para-hydroxylation sites is 3. The van der Waals surface area contributed by atoms with Crippen LogP contribution >= 0.6 is 0 Å². The number of carbonyl (C=O) groups is 1. The Balaban J connectivity index is 1.44. The molecule has 2 N–H and O–H groups in total. The van der Waals surface area contributed by atoms with Crippen LogP contribution in [0, 0.1) is 0 Å². The third-order valence-corrected chi connectivity index (χ3v) is 4.67. The summed E-state index contributed by atoms with van der Waals surface area (Å²) in [6.45, 7) is 0.329. The van der Waals surface area contributed by atoms with E-state index in [1.165, 1.54) is 0 Å². The molecular formula is C21H16N6O. The van der Waals surface area contributed by atoms with Crippen molar-refractivity contribution in [3.63, 3.8) is 0 Å². The van der Waals surface area contributed by atoms with Crippen molar-refractivity contribution in [3.05, 3.63) is 84.4 Å². The Kier molecular flexibility index (Phi) is 3.83. The predicted molar refractivity (Wildman–Crippen MR) is 106 cm³/mol. The maximum Gasteiger partial charge on any atom is 0.272 e. The first-order valence-corrected chi connectivity index (χ1v) is 8.89. The number of amides is 1. The second-order valence-corrected chi connectivity index (χ2v) is 6.39. The molecule has 136 valence electrons. The van der Waals surface area contributed by atoms with Gasteiger partial charge in [0.05, 0.1) is 16.6 Å². The summed E-state index contributed by atoms with van der Waals surface area (Å²) >= 11 is 0. The number of pyridine rings is 1. The molecule has 0 aliphatic rings. The van der Waals surface area contributed by atoms with Crippen molar-refractivity contribution in [1.29, 1.82) is 0 Å². The first kappa shape index (κ1) is 16.2. The second-order valence-electron chi connectivity index (χ2n) is 6.39. The van der Waals surface area contributed by atoms with Gasteiger partial charge in [0.15, 0.2) is 5.69 Å². The molecule has 5 rings (SSSR count). The van der Waals surface area contributed by atoms with Crippen molar-refractivity contribution in [1.82, 2.24) is 30.0 Å². The van der Waals surface area contributed by atoms with E-state index in [-0.39, 0.29) is 5.91 Å². The van der Waals surface area contributed by atoms with Crippen LogP contribution in [-0.4, -0.2) is 30.6 Å². The number of hydrogen-bond acceptors (Lipinski definition) is 4. The Labute approximate surface area is 160 Å². The summed E-state index contributed by atoms with van der Waals surface area (Å²) in [6.07, 6.45) is 3.48. The number of fused-ring (bicyclic) bond motifs is 2. The van der Waals surface area contributed by atoms with E-state index in [2.05, 4.69) is 25.5 Å². The average Bonchev–Trinajstić information content (AvgIpc) is 3.37. The fourth-order valence-electron chi connectivity index (χ4n) is 3.31. The van der Waals surface area contributed by atoms with Crippen LogP contribution in [0.25, 0.3) is 27.8 Å². The van der Waals surface area contributed by atoms with Crippen molar-refractivity contribution >= 4 is 27.8 Å². The molecule has 3 aromatic heterocycles. The lowest BCUT2D eigenvalue weighted by atomic mass is 10.2. The van der Waals surface area contributed by atoms with Crippen molar-refractivity contribution in [2.45, 2.75) is 6.54 Å². The number of nitrogens with one attached hydrogen (secondary N) is 2. The Hall–Kier alpha value is -4.00. The average molecular weight is 368 g/mol. The minimum absolute atomic E-state index is 0.234. The Morgan fingerprint density at radius 3 is 2.82 bits per heavy atom. The van der Waals surface area contributed by atoms with Crippen LogP contribution in [0.5, 0.6) is 0 Å². The summed E-state index contributed by atoms with van der Waals surface area (Å²) in [4.78, 5) is 21.6. The number of aromatic nitrogens is 5. The summed E-state index contributed by atoms with van der Waals surface area (Å²) in [5, 5.41) is 10.8. The quantitative estimate of drug-likeness (QED) is 0.510. The van der Waals surface area contributed by atoms with E-state index in [1.807, 2.05) is 65.2 Å². The molecule has 0 saturated carbocycles. The van der Waals surface area contributed by atoms with E-state index < -0.39 is 0 Å². The molecular weight excluding hydrogens is 352 g/mol.